The minimum absolute atomic E-state index is 0. The van der Waals surface area contributed by atoms with Crippen LogP contribution in [0.3, 0.4) is 0 Å². The lowest BCUT2D eigenvalue weighted by molar-refractivity contribution is 0.538. The van der Waals surface area contributed by atoms with E-state index in [-0.39, 0.29) is 17.0 Å². The quantitative estimate of drug-likeness (QED) is 0.705. The predicted octanol–water partition coefficient (Wildman–Crippen LogP) is 4.05. The van der Waals surface area contributed by atoms with Crippen LogP contribution in [-0.4, -0.2) is 14.5 Å². The molecule has 106 valence electrons. The second-order valence-electron chi connectivity index (χ2n) is 5.09. The Hall–Kier alpha value is -1.33. The number of rotatable bonds is 2. The van der Waals surface area contributed by atoms with Gasteiger partial charge in [-0.25, -0.2) is 9.97 Å². The SMILES string of the molecule is Br.CC(C)Cn1c(N)nc2c(Cl)nc3ccccc3c21. The topological polar surface area (TPSA) is 56.7 Å². The van der Waals surface area contributed by atoms with Crippen LogP contribution in [-0.2, 0) is 6.54 Å². The van der Waals surface area contributed by atoms with Crippen molar-refractivity contribution >= 4 is 56.5 Å². The second kappa shape index (κ2) is 5.58. The zero-order valence-corrected chi connectivity index (χ0v) is 13.8. The van der Waals surface area contributed by atoms with Gasteiger partial charge >= 0.3 is 0 Å². The van der Waals surface area contributed by atoms with E-state index in [1.165, 1.54) is 0 Å². The molecule has 0 aliphatic heterocycles. The summed E-state index contributed by atoms with van der Waals surface area (Å²) in [5.74, 6) is 0.967. The Labute approximate surface area is 132 Å². The van der Waals surface area contributed by atoms with Gasteiger partial charge in [-0.2, -0.15) is 0 Å². The third-order valence-electron chi connectivity index (χ3n) is 3.12. The minimum Gasteiger partial charge on any atom is -0.369 e. The Morgan fingerprint density at radius 3 is 2.65 bits per heavy atom. The van der Waals surface area contributed by atoms with Crippen molar-refractivity contribution in [2.24, 2.45) is 5.92 Å². The first-order valence-corrected chi connectivity index (χ1v) is 6.65. The molecule has 2 heterocycles. The normalized spacial score (nSPS) is 11.2. The first-order chi connectivity index (χ1) is 9.08. The number of nitrogens with two attached hydrogens (primary N) is 1. The first kappa shape index (κ1) is 15.1. The molecule has 0 radical (unpaired) electrons. The Morgan fingerprint density at radius 2 is 1.95 bits per heavy atom. The lowest BCUT2D eigenvalue weighted by Gasteiger charge is -2.10. The molecule has 0 aliphatic carbocycles. The fourth-order valence-electron chi connectivity index (χ4n) is 2.37. The van der Waals surface area contributed by atoms with Gasteiger partial charge in [-0.15, -0.1) is 17.0 Å². The van der Waals surface area contributed by atoms with Crippen molar-refractivity contribution in [1.29, 1.82) is 0 Å². The summed E-state index contributed by atoms with van der Waals surface area (Å²) in [6.45, 7) is 5.11. The third kappa shape index (κ3) is 2.36. The van der Waals surface area contributed by atoms with Crippen molar-refractivity contribution in [3.8, 4) is 0 Å². The number of para-hydroxylation sites is 1. The molecule has 4 nitrogen and oxygen atoms in total. The highest BCUT2D eigenvalue weighted by atomic mass is 79.9. The molecular formula is C14H16BrClN4. The maximum atomic E-state index is 6.22. The number of hydrogen-bond acceptors (Lipinski definition) is 3. The summed E-state index contributed by atoms with van der Waals surface area (Å²) < 4.78 is 2.02. The van der Waals surface area contributed by atoms with E-state index >= 15 is 0 Å². The Bertz CT molecular complexity index is 767. The minimum atomic E-state index is 0. The summed E-state index contributed by atoms with van der Waals surface area (Å²) in [4.78, 5) is 8.73. The largest absolute Gasteiger partial charge is 0.369 e. The van der Waals surface area contributed by atoms with Crippen LogP contribution in [0.5, 0.6) is 0 Å². The molecule has 1 aromatic carbocycles. The van der Waals surface area contributed by atoms with Gasteiger partial charge in [0.15, 0.2) is 5.15 Å². The van der Waals surface area contributed by atoms with Gasteiger partial charge < -0.3 is 10.3 Å². The van der Waals surface area contributed by atoms with Gasteiger partial charge in [0.2, 0.25) is 5.95 Å². The fraction of sp³-hybridized carbons (Fsp3) is 0.286. The Balaban J connectivity index is 0.00000147. The molecule has 0 amide bonds. The summed E-state index contributed by atoms with van der Waals surface area (Å²) in [6.07, 6.45) is 0. The maximum absolute atomic E-state index is 6.22. The average Bonchev–Trinajstić information content (AvgIpc) is 2.68. The molecular weight excluding hydrogens is 340 g/mol. The van der Waals surface area contributed by atoms with E-state index in [2.05, 4.69) is 23.8 Å². The van der Waals surface area contributed by atoms with Gasteiger partial charge in [-0.3, -0.25) is 0 Å². The summed E-state index contributed by atoms with van der Waals surface area (Å²) in [7, 11) is 0. The van der Waals surface area contributed by atoms with Crippen LogP contribution in [0.15, 0.2) is 24.3 Å². The van der Waals surface area contributed by atoms with Gasteiger partial charge in [0.25, 0.3) is 0 Å². The molecule has 0 saturated heterocycles. The third-order valence-corrected chi connectivity index (χ3v) is 3.38. The highest BCUT2D eigenvalue weighted by Gasteiger charge is 2.16. The standard InChI is InChI=1S/C14H15ClN4.BrH/c1-8(2)7-19-12-9-5-3-4-6-10(9)17-13(15)11(12)18-14(19)16;/h3-6,8H,7H2,1-2H3,(H2,16,18);1H. The van der Waals surface area contributed by atoms with Crippen LogP contribution in [0.2, 0.25) is 5.15 Å². The van der Waals surface area contributed by atoms with Crippen LogP contribution < -0.4 is 5.73 Å². The highest BCUT2D eigenvalue weighted by molar-refractivity contribution is 8.93. The number of aromatic nitrogens is 3. The number of nitrogens with zero attached hydrogens (tertiary/aromatic N) is 3. The molecule has 6 heteroatoms. The summed E-state index contributed by atoms with van der Waals surface area (Å²) in [5, 5.41) is 1.44. The molecule has 0 spiro atoms. The van der Waals surface area contributed by atoms with Crippen molar-refractivity contribution in [2.75, 3.05) is 5.73 Å². The molecule has 0 unspecified atom stereocenters. The number of nitrogen functional groups attached to an aromatic ring is 1. The highest BCUT2D eigenvalue weighted by Crippen LogP contribution is 2.31. The summed E-state index contributed by atoms with van der Waals surface area (Å²) in [6, 6.07) is 7.91. The number of halogens is 2. The second-order valence-corrected chi connectivity index (χ2v) is 5.45. The van der Waals surface area contributed by atoms with E-state index in [4.69, 9.17) is 17.3 Å². The number of pyridine rings is 1. The first-order valence-electron chi connectivity index (χ1n) is 6.28. The monoisotopic (exact) mass is 354 g/mol. The van der Waals surface area contributed by atoms with Gasteiger partial charge in [0.05, 0.1) is 11.0 Å². The maximum Gasteiger partial charge on any atom is 0.201 e. The van der Waals surface area contributed by atoms with E-state index in [9.17, 15) is 0 Å². The van der Waals surface area contributed by atoms with Crippen molar-refractivity contribution < 1.29 is 0 Å². The van der Waals surface area contributed by atoms with Crippen molar-refractivity contribution in [3.05, 3.63) is 29.4 Å². The number of anilines is 1. The van der Waals surface area contributed by atoms with Gasteiger partial charge in [-0.1, -0.05) is 43.6 Å². The van der Waals surface area contributed by atoms with Gasteiger partial charge in [0, 0.05) is 11.9 Å². The van der Waals surface area contributed by atoms with Crippen LogP contribution in [0.25, 0.3) is 21.9 Å². The molecule has 2 aromatic heterocycles. The Kier molecular flexibility index (Phi) is 4.20. The van der Waals surface area contributed by atoms with Crippen LogP contribution in [0.4, 0.5) is 5.95 Å². The van der Waals surface area contributed by atoms with Crippen LogP contribution in [0, 0.1) is 5.92 Å². The summed E-state index contributed by atoms with van der Waals surface area (Å²) >= 11 is 6.22. The molecule has 2 N–H and O–H groups in total. The number of fused-ring (bicyclic) bond motifs is 3. The number of imidazole rings is 1. The molecule has 3 rings (SSSR count). The van der Waals surface area contributed by atoms with E-state index in [1.54, 1.807) is 0 Å². The molecule has 3 aromatic rings. The van der Waals surface area contributed by atoms with E-state index < -0.39 is 0 Å². The van der Waals surface area contributed by atoms with Crippen molar-refractivity contribution in [2.45, 2.75) is 20.4 Å². The lowest BCUT2D eigenvalue weighted by atomic mass is 10.1. The molecule has 0 saturated carbocycles. The molecule has 0 fully saturated rings. The molecule has 20 heavy (non-hydrogen) atoms. The average molecular weight is 356 g/mol. The van der Waals surface area contributed by atoms with Gasteiger partial charge in [0.1, 0.15) is 5.52 Å². The number of hydrogen-bond donors (Lipinski definition) is 1. The predicted molar refractivity (Wildman–Crippen MR) is 89.6 cm³/mol. The molecule has 0 atom stereocenters. The van der Waals surface area contributed by atoms with E-state index in [0.29, 0.717) is 22.5 Å². The zero-order chi connectivity index (χ0) is 13.6. The number of benzene rings is 1. The van der Waals surface area contributed by atoms with E-state index in [0.717, 1.165) is 23.0 Å². The fourth-order valence-corrected chi connectivity index (χ4v) is 2.59. The smallest absolute Gasteiger partial charge is 0.201 e. The lowest BCUT2D eigenvalue weighted by Crippen LogP contribution is -2.08. The molecule has 0 aliphatic rings. The van der Waals surface area contributed by atoms with Gasteiger partial charge in [-0.05, 0) is 12.0 Å². The van der Waals surface area contributed by atoms with Crippen LogP contribution >= 0.6 is 28.6 Å². The molecule has 0 bridgehead atoms. The zero-order valence-electron chi connectivity index (χ0n) is 11.3. The summed E-state index contributed by atoms with van der Waals surface area (Å²) in [5.41, 5.74) is 8.55. The Morgan fingerprint density at radius 1 is 1.25 bits per heavy atom. The van der Waals surface area contributed by atoms with E-state index in [1.807, 2.05) is 28.8 Å². The van der Waals surface area contributed by atoms with Crippen molar-refractivity contribution in [3.63, 3.8) is 0 Å². The van der Waals surface area contributed by atoms with Crippen molar-refractivity contribution in [1.82, 2.24) is 14.5 Å². The van der Waals surface area contributed by atoms with Crippen LogP contribution in [0.1, 0.15) is 13.8 Å².